The predicted octanol–water partition coefficient (Wildman–Crippen LogP) is 2.00. The molecule has 144 valence electrons. The van der Waals surface area contributed by atoms with Gasteiger partial charge in [-0.1, -0.05) is 12.1 Å². The number of piperazine rings is 1. The fourth-order valence-electron chi connectivity index (χ4n) is 3.34. The lowest BCUT2D eigenvalue weighted by Gasteiger charge is -2.36. The van der Waals surface area contributed by atoms with E-state index in [0.29, 0.717) is 37.6 Å². The van der Waals surface area contributed by atoms with Crippen molar-refractivity contribution in [2.75, 3.05) is 38.2 Å². The molecule has 1 aliphatic rings. The van der Waals surface area contributed by atoms with Crippen LogP contribution in [0.1, 0.15) is 10.5 Å². The molecule has 3 aromatic rings. The number of aromatic amines is 1. The number of rotatable bonds is 4. The second-order valence-electron chi connectivity index (χ2n) is 6.41. The number of benzene rings is 1. The van der Waals surface area contributed by atoms with E-state index < -0.39 is 5.69 Å². The predicted molar refractivity (Wildman–Crippen MR) is 104 cm³/mol. The van der Waals surface area contributed by atoms with Crippen LogP contribution in [-0.4, -0.2) is 54.1 Å². The SMILES string of the molecule is COc1ccccc1N1CCN(C(=O)c2cc(-c3ccco3)[nH]c(=O)n2)CC1. The van der Waals surface area contributed by atoms with Crippen LogP contribution in [0.15, 0.2) is 57.9 Å². The van der Waals surface area contributed by atoms with E-state index in [9.17, 15) is 9.59 Å². The molecule has 0 spiro atoms. The van der Waals surface area contributed by atoms with Crippen LogP contribution in [0.2, 0.25) is 0 Å². The first kappa shape index (κ1) is 17.8. The minimum atomic E-state index is -0.579. The van der Waals surface area contributed by atoms with E-state index in [2.05, 4.69) is 14.9 Å². The van der Waals surface area contributed by atoms with Gasteiger partial charge < -0.3 is 23.9 Å². The van der Waals surface area contributed by atoms with Gasteiger partial charge in [-0.2, -0.15) is 4.98 Å². The molecule has 0 radical (unpaired) electrons. The van der Waals surface area contributed by atoms with Crippen LogP contribution in [0.5, 0.6) is 5.75 Å². The second-order valence-corrected chi connectivity index (χ2v) is 6.41. The van der Waals surface area contributed by atoms with Crippen molar-refractivity contribution in [2.24, 2.45) is 0 Å². The fraction of sp³-hybridized carbons (Fsp3) is 0.250. The van der Waals surface area contributed by atoms with Crippen LogP contribution in [0.3, 0.4) is 0 Å². The van der Waals surface area contributed by atoms with E-state index in [1.165, 1.54) is 6.26 Å². The Morgan fingerprint density at radius 2 is 1.93 bits per heavy atom. The van der Waals surface area contributed by atoms with Crippen LogP contribution in [0.25, 0.3) is 11.5 Å². The lowest BCUT2D eigenvalue weighted by molar-refractivity contribution is 0.0740. The van der Waals surface area contributed by atoms with E-state index in [0.717, 1.165) is 11.4 Å². The largest absolute Gasteiger partial charge is 0.495 e. The molecule has 4 rings (SSSR count). The highest BCUT2D eigenvalue weighted by Crippen LogP contribution is 2.28. The molecule has 0 bridgehead atoms. The van der Waals surface area contributed by atoms with Crippen molar-refractivity contribution >= 4 is 11.6 Å². The van der Waals surface area contributed by atoms with Crippen molar-refractivity contribution in [1.82, 2.24) is 14.9 Å². The number of amides is 1. The summed E-state index contributed by atoms with van der Waals surface area (Å²) >= 11 is 0. The van der Waals surface area contributed by atoms with Gasteiger partial charge in [0.25, 0.3) is 5.91 Å². The highest BCUT2D eigenvalue weighted by Gasteiger charge is 2.25. The molecular formula is C20H20N4O4. The number of carbonyl (C=O) groups is 1. The molecule has 8 nitrogen and oxygen atoms in total. The van der Waals surface area contributed by atoms with Crippen molar-refractivity contribution in [3.63, 3.8) is 0 Å². The molecule has 1 aliphatic heterocycles. The summed E-state index contributed by atoms with van der Waals surface area (Å²) in [5, 5.41) is 0. The topological polar surface area (TPSA) is 91.7 Å². The van der Waals surface area contributed by atoms with Crippen molar-refractivity contribution in [2.45, 2.75) is 0 Å². The summed E-state index contributed by atoms with van der Waals surface area (Å²) < 4.78 is 10.7. The van der Waals surface area contributed by atoms with Gasteiger partial charge in [0.05, 0.1) is 24.8 Å². The van der Waals surface area contributed by atoms with E-state index in [1.807, 2.05) is 24.3 Å². The van der Waals surface area contributed by atoms with E-state index in [1.54, 1.807) is 30.2 Å². The van der Waals surface area contributed by atoms with Gasteiger partial charge in [-0.25, -0.2) is 4.79 Å². The second kappa shape index (κ2) is 7.59. The zero-order valence-corrected chi connectivity index (χ0v) is 15.4. The third-order valence-corrected chi connectivity index (χ3v) is 4.74. The molecule has 1 saturated heterocycles. The molecule has 1 aromatic carbocycles. The number of aromatic nitrogens is 2. The first-order chi connectivity index (χ1) is 13.7. The molecule has 1 amide bonds. The van der Waals surface area contributed by atoms with Gasteiger partial charge in [0, 0.05) is 26.2 Å². The van der Waals surface area contributed by atoms with E-state index in [-0.39, 0.29) is 11.6 Å². The Hall–Kier alpha value is -3.55. The maximum atomic E-state index is 12.9. The third-order valence-electron chi connectivity index (χ3n) is 4.74. The molecule has 0 unspecified atom stereocenters. The van der Waals surface area contributed by atoms with E-state index >= 15 is 0 Å². The normalized spacial score (nSPS) is 14.2. The number of para-hydroxylation sites is 2. The number of anilines is 1. The number of hydrogen-bond acceptors (Lipinski definition) is 6. The molecule has 0 aliphatic carbocycles. The first-order valence-electron chi connectivity index (χ1n) is 8.98. The van der Waals surface area contributed by atoms with Crippen LogP contribution >= 0.6 is 0 Å². The molecule has 2 aromatic heterocycles. The van der Waals surface area contributed by atoms with E-state index in [4.69, 9.17) is 9.15 Å². The molecule has 0 saturated carbocycles. The minimum absolute atomic E-state index is 0.112. The quantitative estimate of drug-likeness (QED) is 0.744. The Morgan fingerprint density at radius 3 is 2.64 bits per heavy atom. The van der Waals surface area contributed by atoms with Gasteiger partial charge in [0.2, 0.25) is 0 Å². The van der Waals surface area contributed by atoms with Crippen molar-refractivity contribution in [3.8, 4) is 17.2 Å². The maximum Gasteiger partial charge on any atom is 0.346 e. The number of H-pyrrole nitrogens is 1. The lowest BCUT2D eigenvalue weighted by Crippen LogP contribution is -2.49. The van der Waals surface area contributed by atoms with Crippen LogP contribution in [-0.2, 0) is 0 Å². The number of hydrogen-bond donors (Lipinski definition) is 1. The van der Waals surface area contributed by atoms with Crippen molar-refractivity contribution < 1.29 is 13.9 Å². The summed E-state index contributed by atoms with van der Waals surface area (Å²) in [6.07, 6.45) is 1.51. The number of furan rings is 1. The maximum absolute atomic E-state index is 12.9. The monoisotopic (exact) mass is 380 g/mol. The minimum Gasteiger partial charge on any atom is -0.495 e. The fourth-order valence-corrected chi connectivity index (χ4v) is 3.34. The molecule has 3 heterocycles. The number of methoxy groups -OCH3 is 1. The average Bonchev–Trinajstić information content (AvgIpc) is 3.28. The molecular weight excluding hydrogens is 360 g/mol. The summed E-state index contributed by atoms with van der Waals surface area (Å²) in [6.45, 7) is 2.39. The van der Waals surface area contributed by atoms with Crippen LogP contribution in [0, 0.1) is 0 Å². The molecule has 1 N–H and O–H groups in total. The molecule has 28 heavy (non-hydrogen) atoms. The summed E-state index contributed by atoms with van der Waals surface area (Å²) in [7, 11) is 1.65. The van der Waals surface area contributed by atoms with Gasteiger partial charge in [0.15, 0.2) is 0 Å². The van der Waals surface area contributed by atoms with Gasteiger partial charge in [-0.05, 0) is 30.3 Å². The molecule has 8 heteroatoms. The zero-order chi connectivity index (χ0) is 19.5. The van der Waals surface area contributed by atoms with Crippen LogP contribution in [0.4, 0.5) is 5.69 Å². The zero-order valence-electron chi connectivity index (χ0n) is 15.4. The van der Waals surface area contributed by atoms with Gasteiger partial charge in [-0.3, -0.25) is 4.79 Å². The van der Waals surface area contributed by atoms with Gasteiger partial charge in [0.1, 0.15) is 17.2 Å². The number of ether oxygens (including phenoxy) is 1. The number of nitrogens with one attached hydrogen (secondary N) is 1. The van der Waals surface area contributed by atoms with Crippen molar-refractivity contribution in [3.05, 3.63) is 64.9 Å². The number of carbonyl (C=O) groups excluding carboxylic acids is 1. The smallest absolute Gasteiger partial charge is 0.346 e. The Balaban J connectivity index is 1.49. The standard InChI is InChI=1S/C20H20N4O4/c1-27-18-6-3-2-5-16(18)23-8-10-24(11-9-23)19(25)15-13-14(21-20(26)22-15)17-7-4-12-28-17/h2-7,12-13H,8-11H2,1H3,(H,21,22,26). The Labute approximate surface area is 161 Å². The summed E-state index contributed by atoms with van der Waals surface area (Å²) in [4.78, 5) is 35.1. The lowest BCUT2D eigenvalue weighted by atomic mass is 10.2. The van der Waals surface area contributed by atoms with Gasteiger partial charge in [-0.15, -0.1) is 0 Å². The summed E-state index contributed by atoms with van der Waals surface area (Å²) in [5.41, 5.74) is 0.971. The molecule has 1 fully saturated rings. The molecule has 0 atom stereocenters. The summed E-state index contributed by atoms with van der Waals surface area (Å²) in [6, 6.07) is 12.8. The Morgan fingerprint density at radius 1 is 1.14 bits per heavy atom. The third kappa shape index (κ3) is 3.48. The first-order valence-corrected chi connectivity index (χ1v) is 8.98. The number of nitrogens with zero attached hydrogens (tertiary/aromatic N) is 3. The Kier molecular flexibility index (Phi) is 4.84. The Bertz CT molecular complexity index is 1020. The highest BCUT2D eigenvalue weighted by molar-refractivity contribution is 5.93. The summed E-state index contributed by atoms with van der Waals surface area (Å²) in [5.74, 6) is 1.02. The van der Waals surface area contributed by atoms with Crippen LogP contribution < -0.4 is 15.3 Å². The van der Waals surface area contributed by atoms with Gasteiger partial charge >= 0.3 is 5.69 Å². The van der Waals surface area contributed by atoms with Crippen molar-refractivity contribution in [1.29, 1.82) is 0 Å². The average molecular weight is 380 g/mol. The highest BCUT2D eigenvalue weighted by atomic mass is 16.5.